The number of pyridine rings is 1. The van der Waals surface area contributed by atoms with Crippen molar-refractivity contribution in [2.24, 2.45) is 0 Å². The summed E-state index contributed by atoms with van der Waals surface area (Å²) in [6, 6.07) is 15.7. The van der Waals surface area contributed by atoms with Crippen LogP contribution in [0.1, 0.15) is 57.5 Å². The van der Waals surface area contributed by atoms with Crippen molar-refractivity contribution in [3.63, 3.8) is 0 Å². The number of aromatic nitrogens is 1. The molecule has 3 aromatic rings. The molecule has 1 heterocycles. The molecule has 1 aliphatic carbocycles. The Balaban J connectivity index is 1.52. The fourth-order valence-corrected chi connectivity index (χ4v) is 4.36. The predicted molar refractivity (Wildman–Crippen MR) is 129 cm³/mol. The minimum absolute atomic E-state index is 0.158. The van der Waals surface area contributed by atoms with Crippen molar-refractivity contribution in [1.82, 2.24) is 15.6 Å². The quantitative estimate of drug-likeness (QED) is 0.405. The van der Waals surface area contributed by atoms with Crippen molar-refractivity contribution in [2.45, 2.75) is 44.4 Å². The lowest BCUT2D eigenvalue weighted by Gasteiger charge is -2.28. The number of aliphatic hydroxyl groups is 2. The molecule has 2 amide bonds. The van der Waals surface area contributed by atoms with E-state index in [9.17, 15) is 19.8 Å². The smallest absolute Gasteiger partial charge is 0.254 e. The molecule has 0 spiro atoms. The third-order valence-corrected chi connectivity index (χ3v) is 6.33. The second-order valence-corrected chi connectivity index (χ2v) is 8.77. The second-order valence-electron chi connectivity index (χ2n) is 8.77. The maximum Gasteiger partial charge on any atom is 0.254 e. The highest BCUT2D eigenvalue weighted by Gasteiger charge is 2.32. The van der Waals surface area contributed by atoms with Gasteiger partial charge in [-0.3, -0.25) is 14.6 Å². The van der Waals surface area contributed by atoms with Gasteiger partial charge in [0.05, 0.1) is 6.61 Å². The van der Waals surface area contributed by atoms with Crippen LogP contribution < -0.4 is 10.6 Å². The van der Waals surface area contributed by atoms with Gasteiger partial charge in [0.15, 0.2) is 5.72 Å². The van der Waals surface area contributed by atoms with Gasteiger partial charge in [-0.05, 0) is 66.8 Å². The van der Waals surface area contributed by atoms with Gasteiger partial charge < -0.3 is 20.8 Å². The van der Waals surface area contributed by atoms with E-state index in [1.54, 1.807) is 36.7 Å². The molecule has 1 aliphatic rings. The molecule has 1 aromatic heterocycles. The zero-order chi connectivity index (χ0) is 24.1. The zero-order valence-corrected chi connectivity index (χ0v) is 19.1. The lowest BCUT2D eigenvalue weighted by atomic mass is 9.97. The molecule has 0 unspecified atom stereocenters. The maximum absolute atomic E-state index is 13.0. The van der Waals surface area contributed by atoms with Crippen LogP contribution in [0.2, 0.25) is 0 Å². The summed E-state index contributed by atoms with van der Waals surface area (Å²) in [6.07, 6.45) is 7.53. The van der Waals surface area contributed by atoms with Crippen LogP contribution in [0.15, 0.2) is 67.0 Å². The Morgan fingerprint density at radius 2 is 1.74 bits per heavy atom. The summed E-state index contributed by atoms with van der Waals surface area (Å²) in [6.45, 7) is 1.06. The Hall–Kier alpha value is -3.55. The fourth-order valence-electron chi connectivity index (χ4n) is 4.36. The van der Waals surface area contributed by atoms with E-state index in [-0.39, 0.29) is 17.5 Å². The van der Waals surface area contributed by atoms with Gasteiger partial charge in [0.1, 0.15) is 0 Å². The van der Waals surface area contributed by atoms with Gasteiger partial charge in [0.2, 0.25) is 0 Å². The first-order chi connectivity index (χ1) is 16.4. The van der Waals surface area contributed by atoms with Crippen molar-refractivity contribution in [2.75, 3.05) is 6.61 Å². The van der Waals surface area contributed by atoms with E-state index < -0.39 is 18.2 Å². The third-order valence-electron chi connectivity index (χ3n) is 6.33. The van der Waals surface area contributed by atoms with E-state index in [4.69, 9.17) is 0 Å². The second kappa shape index (κ2) is 10.2. The number of aliphatic hydroxyl groups excluding tert-OH is 1. The standard InChI is InChI=1S/C27H29N3O4/c1-18-15-20(19-11-13-28-14-12-19)9-10-24(18)26(33)30-27(34,17-31)22-6-4-5-21(16-22)25(32)29-23-7-2-3-8-23/h4-6,9-16,23,31,34H,2-3,7-8,17H2,1H3,(H,29,32)(H,30,33)/t27-/m1/s1. The van der Waals surface area contributed by atoms with Crippen LogP contribution in [0.25, 0.3) is 11.1 Å². The summed E-state index contributed by atoms with van der Waals surface area (Å²) in [5.41, 5.74) is 1.56. The number of amides is 2. The Kier molecular flexibility index (Phi) is 7.05. The van der Waals surface area contributed by atoms with Crippen molar-refractivity contribution in [3.05, 3.63) is 89.2 Å². The highest BCUT2D eigenvalue weighted by Crippen LogP contribution is 2.24. The Bertz CT molecular complexity index is 1180. The van der Waals surface area contributed by atoms with Gasteiger partial charge in [-0.25, -0.2) is 0 Å². The van der Waals surface area contributed by atoms with Gasteiger partial charge in [-0.2, -0.15) is 0 Å². The number of hydrogen-bond acceptors (Lipinski definition) is 5. The summed E-state index contributed by atoms with van der Waals surface area (Å²) in [7, 11) is 0. The number of nitrogens with one attached hydrogen (secondary N) is 2. The number of benzene rings is 2. The monoisotopic (exact) mass is 459 g/mol. The summed E-state index contributed by atoms with van der Waals surface area (Å²) in [4.78, 5) is 29.7. The van der Waals surface area contributed by atoms with Crippen LogP contribution in [-0.4, -0.2) is 39.7 Å². The van der Waals surface area contributed by atoms with E-state index in [0.717, 1.165) is 42.4 Å². The van der Waals surface area contributed by atoms with Gasteiger partial charge >= 0.3 is 0 Å². The lowest BCUT2D eigenvalue weighted by Crippen LogP contribution is -2.49. The Morgan fingerprint density at radius 1 is 1.00 bits per heavy atom. The molecule has 1 atom stereocenters. The van der Waals surface area contributed by atoms with E-state index in [1.165, 1.54) is 6.07 Å². The molecular formula is C27H29N3O4. The number of rotatable bonds is 7. The summed E-state index contributed by atoms with van der Waals surface area (Å²) in [5.74, 6) is -0.765. The lowest BCUT2D eigenvalue weighted by molar-refractivity contribution is -0.0418. The summed E-state index contributed by atoms with van der Waals surface area (Å²) in [5, 5.41) is 26.7. The Morgan fingerprint density at radius 3 is 2.41 bits per heavy atom. The molecule has 0 radical (unpaired) electrons. The van der Waals surface area contributed by atoms with E-state index in [2.05, 4.69) is 15.6 Å². The third kappa shape index (κ3) is 5.16. The fraction of sp³-hybridized carbons (Fsp3) is 0.296. The molecule has 176 valence electrons. The molecule has 0 bridgehead atoms. The average Bonchev–Trinajstić information content (AvgIpc) is 3.37. The maximum atomic E-state index is 13.0. The summed E-state index contributed by atoms with van der Waals surface area (Å²) >= 11 is 0. The van der Waals surface area contributed by atoms with Crippen molar-refractivity contribution in [1.29, 1.82) is 0 Å². The van der Waals surface area contributed by atoms with Crippen LogP contribution in [-0.2, 0) is 5.72 Å². The number of nitrogens with zero attached hydrogens (tertiary/aromatic N) is 1. The largest absolute Gasteiger partial charge is 0.391 e. The van der Waals surface area contributed by atoms with Crippen molar-refractivity contribution < 1.29 is 19.8 Å². The van der Waals surface area contributed by atoms with Gasteiger partial charge in [0, 0.05) is 35.1 Å². The van der Waals surface area contributed by atoms with E-state index >= 15 is 0 Å². The topological polar surface area (TPSA) is 112 Å². The SMILES string of the molecule is Cc1cc(-c2ccncc2)ccc1C(=O)N[C@@](O)(CO)c1cccc(C(=O)NC2CCCC2)c1. The first kappa shape index (κ1) is 23.6. The minimum Gasteiger partial charge on any atom is -0.391 e. The molecular weight excluding hydrogens is 430 g/mol. The van der Waals surface area contributed by atoms with Gasteiger partial charge in [0.25, 0.3) is 11.8 Å². The normalized spacial score (nSPS) is 15.5. The average molecular weight is 460 g/mol. The van der Waals surface area contributed by atoms with Crippen molar-refractivity contribution in [3.8, 4) is 11.1 Å². The summed E-state index contributed by atoms with van der Waals surface area (Å²) < 4.78 is 0. The van der Waals surface area contributed by atoms with Crippen molar-refractivity contribution >= 4 is 11.8 Å². The first-order valence-corrected chi connectivity index (χ1v) is 11.5. The van der Waals surface area contributed by atoms with Gasteiger partial charge in [-0.1, -0.05) is 37.1 Å². The molecule has 1 saturated carbocycles. The highest BCUT2D eigenvalue weighted by atomic mass is 16.3. The van der Waals surface area contributed by atoms with Crippen LogP contribution in [0.3, 0.4) is 0 Å². The van der Waals surface area contributed by atoms with Gasteiger partial charge in [-0.15, -0.1) is 0 Å². The minimum atomic E-state index is -2.04. The molecule has 4 N–H and O–H groups in total. The molecule has 34 heavy (non-hydrogen) atoms. The number of hydrogen-bond donors (Lipinski definition) is 4. The van der Waals surface area contributed by atoms with E-state index in [1.807, 2.05) is 31.2 Å². The molecule has 0 saturated heterocycles. The molecule has 1 fully saturated rings. The number of carbonyl (C=O) groups excluding carboxylic acids is 2. The van der Waals surface area contributed by atoms with Crippen LogP contribution in [0.5, 0.6) is 0 Å². The zero-order valence-electron chi connectivity index (χ0n) is 19.1. The van der Waals surface area contributed by atoms with Crippen LogP contribution in [0.4, 0.5) is 0 Å². The Labute approximate surface area is 198 Å². The van der Waals surface area contributed by atoms with E-state index in [0.29, 0.717) is 11.1 Å². The molecule has 2 aromatic carbocycles. The van der Waals surface area contributed by atoms with Crippen LogP contribution in [0, 0.1) is 6.92 Å². The molecule has 0 aliphatic heterocycles. The molecule has 7 heteroatoms. The first-order valence-electron chi connectivity index (χ1n) is 11.5. The predicted octanol–water partition coefficient (Wildman–Crippen LogP) is 3.30. The molecule has 7 nitrogen and oxygen atoms in total. The number of aryl methyl sites for hydroxylation is 1. The highest BCUT2D eigenvalue weighted by molar-refractivity contribution is 5.97. The number of carbonyl (C=O) groups is 2. The van der Waals surface area contributed by atoms with Crippen LogP contribution >= 0.6 is 0 Å². The molecule has 4 rings (SSSR count).